The van der Waals surface area contributed by atoms with E-state index in [4.69, 9.17) is 0 Å². The van der Waals surface area contributed by atoms with Crippen molar-refractivity contribution in [2.75, 3.05) is 18.4 Å². The molecule has 1 aromatic carbocycles. The lowest BCUT2D eigenvalue weighted by molar-refractivity contribution is -0.115. The van der Waals surface area contributed by atoms with Gasteiger partial charge in [0.15, 0.2) is 0 Å². The molecule has 0 unspecified atom stereocenters. The third-order valence-electron chi connectivity index (χ3n) is 1.64. The van der Waals surface area contributed by atoms with Gasteiger partial charge in [0.25, 0.3) is 0 Å². The summed E-state index contributed by atoms with van der Waals surface area (Å²) in [5, 5.41) is 5.45. The lowest BCUT2D eigenvalue weighted by Crippen LogP contribution is -2.27. The van der Waals surface area contributed by atoms with E-state index in [1.807, 2.05) is 6.92 Å². The highest BCUT2D eigenvalue weighted by atomic mass is 19.1. The van der Waals surface area contributed by atoms with Crippen LogP contribution in [0.3, 0.4) is 0 Å². The van der Waals surface area contributed by atoms with E-state index < -0.39 is 0 Å². The van der Waals surface area contributed by atoms with Crippen molar-refractivity contribution in [2.24, 2.45) is 0 Å². The lowest BCUT2D eigenvalue weighted by Gasteiger charge is -2.04. The van der Waals surface area contributed by atoms with Crippen LogP contribution in [0.5, 0.6) is 0 Å². The summed E-state index contributed by atoms with van der Waals surface area (Å²) in [6.45, 7) is 2.89. The highest BCUT2D eigenvalue weighted by Crippen LogP contribution is 2.08. The molecule has 1 rings (SSSR count). The molecule has 0 saturated heterocycles. The van der Waals surface area contributed by atoms with Gasteiger partial charge in [0.05, 0.1) is 6.54 Å². The van der Waals surface area contributed by atoms with Crippen LogP contribution in [-0.4, -0.2) is 19.0 Å². The van der Waals surface area contributed by atoms with Gasteiger partial charge in [-0.05, 0) is 24.7 Å². The van der Waals surface area contributed by atoms with Crippen molar-refractivity contribution in [3.63, 3.8) is 0 Å². The minimum Gasteiger partial charge on any atom is -0.325 e. The van der Waals surface area contributed by atoms with Gasteiger partial charge >= 0.3 is 0 Å². The Labute approximate surface area is 82.3 Å². The maximum atomic E-state index is 12.7. The summed E-state index contributed by atoms with van der Waals surface area (Å²) < 4.78 is 12.7. The molecule has 0 heterocycles. The number of anilines is 1. The highest BCUT2D eigenvalue weighted by Gasteiger charge is 2.00. The first kappa shape index (κ1) is 10.7. The van der Waals surface area contributed by atoms with E-state index in [9.17, 15) is 9.18 Å². The third-order valence-corrected chi connectivity index (χ3v) is 1.64. The standard InChI is InChI=1S/C10H13FN2O/c1-2-12-7-10(14)13-9-5-3-4-8(11)6-9/h3-6,12H,2,7H2,1H3,(H,13,14). The zero-order valence-corrected chi connectivity index (χ0v) is 8.01. The summed E-state index contributed by atoms with van der Waals surface area (Å²) in [6, 6.07) is 5.81. The van der Waals surface area contributed by atoms with E-state index in [0.29, 0.717) is 5.69 Å². The van der Waals surface area contributed by atoms with Crippen LogP contribution in [0.15, 0.2) is 24.3 Å². The second kappa shape index (κ2) is 5.34. The molecule has 0 bridgehead atoms. The number of likely N-dealkylation sites (N-methyl/N-ethyl adjacent to an activating group) is 1. The highest BCUT2D eigenvalue weighted by molar-refractivity contribution is 5.92. The van der Waals surface area contributed by atoms with E-state index in [0.717, 1.165) is 6.54 Å². The average molecular weight is 196 g/mol. The van der Waals surface area contributed by atoms with Gasteiger partial charge in [0.1, 0.15) is 5.82 Å². The Hall–Kier alpha value is -1.42. The Morgan fingerprint density at radius 1 is 1.50 bits per heavy atom. The molecule has 0 aliphatic heterocycles. The molecule has 0 saturated carbocycles. The van der Waals surface area contributed by atoms with Crippen LogP contribution in [0.2, 0.25) is 0 Å². The summed E-state index contributed by atoms with van der Waals surface area (Å²) in [7, 11) is 0. The fourth-order valence-electron chi connectivity index (χ4n) is 1.01. The minimum absolute atomic E-state index is 0.169. The average Bonchev–Trinajstić information content (AvgIpc) is 2.15. The Kier molecular flexibility index (Phi) is 4.07. The Balaban J connectivity index is 2.47. The first-order valence-corrected chi connectivity index (χ1v) is 4.48. The van der Waals surface area contributed by atoms with Crippen LogP contribution in [-0.2, 0) is 4.79 Å². The zero-order chi connectivity index (χ0) is 10.4. The quantitative estimate of drug-likeness (QED) is 0.763. The number of rotatable bonds is 4. The number of carbonyl (C=O) groups excluding carboxylic acids is 1. The van der Waals surface area contributed by atoms with Gasteiger partial charge in [-0.15, -0.1) is 0 Å². The maximum absolute atomic E-state index is 12.7. The van der Waals surface area contributed by atoms with Crippen LogP contribution in [0.4, 0.5) is 10.1 Å². The molecular formula is C10H13FN2O. The minimum atomic E-state index is -0.355. The van der Waals surface area contributed by atoms with E-state index in [1.165, 1.54) is 12.1 Å². The second-order valence-corrected chi connectivity index (χ2v) is 2.84. The first-order valence-electron chi connectivity index (χ1n) is 4.48. The molecule has 0 radical (unpaired) electrons. The second-order valence-electron chi connectivity index (χ2n) is 2.84. The maximum Gasteiger partial charge on any atom is 0.238 e. The van der Waals surface area contributed by atoms with E-state index in [-0.39, 0.29) is 18.3 Å². The molecule has 0 fully saturated rings. The van der Waals surface area contributed by atoms with Crippen molar-refractivity contribution < 1.29 is 9.18 Å². The smallest absolute Gasteiger partial charge is 0.238 e. The molecular weight excluding hydrogens is 183 g/mol. The van der Waals surface area contributed by atoms with Crippen molar-refractivity contribution in [3.05, 3.63) is 30.1 Å². The molecule has 76 valence electrons. The largest absolute Gasteiger partial charge is 0.325 e. The van der Waals surface area contributed by atoms with Crippen LogP contribution < -0.4 is 10.6 Å². The molecule has 0 aliphatic rings. The van der Waals surface area contributed by atoms with Crippen LogP contribution in [0.25, 0.3) is 0 Å². The Bertz CT molecular complexity index is 315. The molecule has 3 nitrogen and oxygen atoms in total. The zero-order valence-electron chi connectivity index (χ0n) is 8.01. The van der Waals surface area contributed by atoms with Crippen LogP contribution in [0, 0.1) is 5.82 Å². The Morgan fingerprint density at radius 3 is 2.93 bits per heavy atom. The Morgan fingerprint density at radius 2 is 2.29 bits per heavy atom. The first-order chi connectivity index (χ1) is 6.72. The molecule has 0 aromatic heterocycles. The number of hydrogen-bond acceptors (Lipinski definition) is 2. The molecule has 1 amide bonds. The van der Waals surface area contributed by atoms with Gasteiger partial charge in [0.2, 0.25) is 5.91 Å². The molecule has 0 spiro atoms. The summed E-state index contributed by atoms with van der Waals surface area (Å²) >= 11 is 0. The molecule has 14 heavy (non-hydrogen) atoms. The number of carbonyl (C=O) groups is 1. The predicted molar refractivity (Wildman–Crippen MR) is 53.6 cm³/mol. The van der Waals surface area contributed by atoms with Crippen molar-refractivity contribution in [1.29, 1.82) is 0 Å². The van der Waals surface area contributed by atoms with E-state index in [1.54, 1.807) is 12.1 Å². The van der Waals surface area contributed by atoms with Crippen molar-refractivity contribution in [1.82, 2.24) is 5.32 Å². The summed E-state index contributed by atoms with van der Waals surface area (Å²) in [5.74, 6) is -0.524. The number of hydrogen-bond donors (Lipinski definition) is 2. The van der Waals surface area contributed by atoms with Crippen molar-refractivity contribution in [2.45, 2.75) is 6.92 Å². The summed E-state index contributed by atoms with van der Waals surface area (Å²) in [6.07, 6.45) is 0. The number of amides is 1. The fraction of sp³-hybridized carbons (Fsp3) is 0.300. The SMILES string of the molecule is CCNCC(=O)Nc1cccc(F)c1. The van der Waals surface area contributed by atoms with Crippen LogP contribution in [0.1, 0.15) is 6.92 Å². The monoisotopic (exact) mass is 196 g/mol. The van der Waals surface area contributed by atoms with Gasteiger partial charge in [-0.1, -0.05) is 13.0 Å². The van der Waals surface area contributed by atoms with Crippen molar-refractivity contribution in [3.8, 4) is 0 Å². The summed E-state index contributed by atoms with van der Waals surface area (Å²) in [5.41, 5.74) is 0.480. The third kappa shape index (κ3) is 3.53. The molecule has 4 heteroatoms. The molecule has 1 aromatic rings. The van der Waals surface area contributed by atoms with Gasteiger partial charge in [-0.3, -0.25) is 4.79 Å². The normalized spacial score (nSPS) is 9.86. The lowest BCUT2D eigenvalue weighted by atomic mass is 10.3. The fourth-order valence-corrected chi connectivity index (χ4v) is 1.01. The van der Waals surface area contributed by atoms with Gasteiger partial charge in [-0.2, -0.15) is 0 Å². The van der Waals surface area contributed by atoms with Gasteiger partial charge in [0, 0.05) is 5.69 Å². The van der Waals surface area contributed by atoms with Gasteiger partial charge < -0.3 is 10.6 Å². The predicted octanol–water partition coefficient (Wildman–Crippen LogP) is 1.37. The summed E-state index contributed by atoms with van der Waals surface area (Å²) in [4.78, 5) is 11.2. The topological polar surface area (TPSA) is 41.1 Å². The van der Waals surface area contributed by atoms with E-state index in [2.05, 4.69) is 10.6 Å². The van der Waals surface area contributed by atoms with Crippen LogP contribution >= 0.6 is 0 Å². The number of halogens is 1. The van der Waals surface area contributed by atoms with E-state index >= 15 is 0 Å². The molecule has 2 N–H and O–H groups in total. The molecule has 0 aliphatic carbocycles. The van der Waals surface area contributed by atoms with Gasteiger partial charge in [-0.25, -0.2) is 4.39 Å². The number of benzene rings is 1. The molecule has 0 atom stereocenters. The number of nitrogens with one attached hydrogen (secondary N) is 2. The van der Waals surface area contributed by atoms with Crippen molar-refractivity contribution >= 4 is 11.6 Å².